The third-order valence-corrected chi connectivity index (χ3v) is 6.12. The van der Waals surface area contributed by atoms with Crippen LogP contribution in [0.3, 0.4) is 0 Å². The molecule has 0 spiro atoms. The first-order valence-electron chi connectivity index (χ1n) is 11.6. The van der Waals surface area contributed by atoms with Crippen LogP contribution in [0, 0.1) is 5.41 Å². The third kappa shape index (κ3) is 6.30. The van der Waals surface area contributed by atoms with E-state index in [1.54, 1.807) is 6.92 Å². The van der Waals surface area contributed by atoms with Gasteiger partial charge in [-0.3, -0.25) is 4.79 Å². The lowest BCUT2D eigenvalue weighted by atomic mass is 9.86. The fourth-order valence-electron chi connectivity index (χ4n) is 3.80. The van der Waals surface area contributed by atoms with Crippen LogP contribution in [0.1, 0.15) is 44.4 Å². The van der Waals surface area contributed by atoms with Crippen LogP contribution in [0.25, 0.3) is 16.7 Å². The Morgan fingerprint density at radius 1 is 0.941 bits per heavy atom. The zero-order chi connectivity index (χ0) is 24.9. The van der Waals surface area contributed by atoms with Crippen molar-refractivity contribution in [2.24, 2.45) is 5.73 Å². The predicted octanol–water partition coefficient (Wildman–Crippen LogP) is 5.76. The second-order valence-electron chi connectivity index (χ2n) is 9.84. The van der Waals surface area contributed by atoms with E-state index in [9.17, 15) is 4.79 Å². The molecule has 4 N–H and O–H groups in total. The van der Waals surface area contributed by atoms with E-state index in [1.807, 2.05) is 42.5 Å². The lowest BCUT2D eigenvalue weighted by Gasteiger charge is -2.23. The van der Waals surface area contributed by atoms with Crippen molar-refractivity contribution >= 4 is 17.2 Å². The average Bonchev–Trinajstić information content (AvgIpc) is 2.83. The summed E-state index contributed by atoms with van der Waals surface area (Å²) in [6.45, 7) is 12.2. The van der Waals surface area contributed by atoms with Gasteiger partial charge in [0, 0.05) is 5.71 Å². The van der Waals surface area contributed by atoms with E-state index < -0.39 is 12.1 Å². The van der Waals surface area contributed by atoms with Crippen LogP contribution in [0.2, 0.25) is 0 Å². The Morgan fingerprint density at radius 2 is 1.50 bits per heavy atom. The van der Waals surface area contributed by atoms with Crippen LogP contribution in [0.4, 0.5) is 0 Å². The molecule has 3 aromatic carbocycles. The summed E-state index contributed by atoms with van der Waals surface area (Å²) in [5, 5.41) is 11.1. The van der Waals surface area contributed by atoms with Gasteiger partial charge in [0.05, 0.1) is 6.04 Å². The average molecular weight is 454 g/mol. The second-order valence-corrected chi connectivity index (χ2v) is 9.84. The maximum atomic E-state index is 12.9. The van der Waals surface area contributed by atoms with Gasteiger partial charge in [-0.15, -0.1) is 0 Å². The van der Waals surface area contributed by atoms with Crippen molar-refractivity contribution in [1.29, 1.82) is 5.41 Å². The minimum Gasteiger partial charge on any atom is -0.346 e. The van der Waals surface area contributed by atoms with Gasteiger partial charge >= 0.3 is 0 Å². The number of nitrogens with two attached hydrogens (primary N) is 1. The van der Waals surface area contributed by atoms with E-state index in [0.717, 1.165) is 22.3 Å². The number of rotatable bonds is 8. The standard InChI is InChI=1S/C30H35N3O/c1-20(23-15-17-26(18-16-23)30(3,4)5)28(32)29(34)33-27(21(2)31)19-22-11-13-25(14-12-22)24-9-7-6-8-10-24/h6-18,27-28,31H,1,19,32H2,2-5H3,(H,33,34). The molecule has 0 aliphatic carbocycles. The van der Waals surface area contributed by atoms with Gasteiger partial charge in [0.2, 0.25) is 5.91 Å². The second kappa shape index (κ2) is 10.6. The van der Waals surface area contributed by atoms with Crippen molar-refractivity contribution in [1.82, 2.24) is 5.32 Å². The lowest BCUT2D eigenvalue weighted by Crippen LogP contribution is -2.48. The molecule has 0 bridgehead atoms. The molecule has 3 rings (SSSR count). The SMILES string of the molecule is C=C(c1ccc(C(C)(C)C)cc1)C(N)C(=O)NC(Cc1ccc(-c2ccccc2)cc1)C(C)=N. The van der Waals surface area contributed by atoms with Gasteiger partial charge in [0.15, 0.2) is 0 Å². The molecular weight excluding hydrogens is 418 g/mol. The zero-order valence-corrected chi connectivity index (χ0v) is 20.6. The highest BCUT2D eigenvalue weighted by atomic mass is 16.2. The van der Waals surface area contributed by atoms with Crippen molar-refractivity contribution in [3.05, 3.63) is 102 Å². The molecule has 0 fully saturated rings. The fraction of sp³-hybridized carbons (Fsp3) is 0.267. The largest absolute Gasteiger partial charge is 0.346 e. The van der Waals surface area contributed by atoms with E-state index in [-0.39, 0.29) is 11.3 Å². The number of nitrogens with one attached hydrogen (secondary N) is 2. The fourth-order valence-corrected chi connectivity index (χ4v) is 3.80. The van der Waals surface area contributed by atoms with Crippen LogP contribution < -0.4 is 11.1 Å². The number of hydrogen-bond donors (Lipinski definition) is 3. The molecule has 0 aliphatic heterocycles. The monoisotopic (exact) mass is 453 g/mol. The van der Waals surface area contributed by atoms with E-state index in [0.29, 0.717) is 17.7 Å². The summed E-state index contributed by atoms with van der Waals surface area (Å²) in [7, 11) is 0. The first kappa shape index (κ1) is 25.1. The van der Waals surface area contributed by atoms with Gasteiger partial charge in [-0.25, -0.2) is 0 Å². The molecule has 0 heterocycles. The smallest absolute Gasteiger partial charge is 0.242 e. The highest BCUT2D eigenvalue weighted by Gasteiger charge is 2.23. The summed E-state index contributed by atoms with van der Waals surface area (Å²) < 4.78 is 0. The number of carbonyl (C=O) groups excluding carboxylic acids is 1. The maximum absolute atomic E-state index is 12.9. The summed E-state index contributed by atoms with van der Waals surface area (Å²) in [5.74, 6) is -0.331. The van der Waals surface area contributed by atoms with Gasteiger partial charge in [0.1, 0.15) is 6.04 Å². The zero-order valence-electron chi connectivity index (χ0n) is 20.6. The number of benzene rings is 3. The lowest BCUT2D eigenvalue weighted by molar-refractivity contribution is -0.121. The molecule has 0 saturated carbocycles. The predicted molar refractivity (Wildman–Crippen MR) is 143 cm³/mol. The Balaban J connectivity index is 1.66. The normalized spacial score (nSPS) is 13.1. The Hall–Kier alpha value is -3.50. The Morgan fingerprint density at radius 3 is 2.03 bits per heavy atom. The van der Waals surface area contributed by atoms with Crippen LogP contribution >= 0.6 is 0 Å². The minimum absolute atomic E-state index is 0.0490. The molecule has 0 aromatic heterocycles. The van der Waals surface area contributed by atoms with Crippen LogP contribution in [0.5, 0.6) is 0 Å². The van der Waals surface area contributed by atoms with E-state index in [4.69, 9.17) is 11.1 Å². The summed E-state index contributed by atoms with van der Waals surface area (Å²) in [5.41, 5.74) is 12.6. The third-order valence-electron chi connectivity index (χ3n) is 6.12. The summed E-state index contributed by atoms with van der Waals surface area (Å²) in [4.78, 5) is 12.9. The van der Waals surface area contributed by atoms with E-state index in [2.05, 4.69) is 69.1 Å². The molecule has 0 radical (unpaired) electrons. The molecule has 0 saturated heterocycles. The summed E-state index contributed by atoms with van der Waals surface area (Å²) in [6.07, 6.45) is 0.523. The first-order chi connectivity index (χ1) is 16.1. The van der Waals surface area contributed by atoms with E-state index >= 15 is 0 Å². The van der Waals surface area contributed by atoms with Crippen LogP contribution in [-0.4, -0.2) is 23.7 Å². The first-order valence-corrected chi connectivity index (χ1v) is 11.6. The molecule has 0 aliphatic rings. The quantitative estimate of drug-likeness (QED) is 0.379. The highest BCUT2D eigenvalue weighted by molar-refractivity contribution is 5.98. The van der Waals surface area contributed by atoms with Crippen molar-refractivity contribution in [3.8, 4) is 11.1 Å². The molecule has 2 unspecified atom stereocenters. The minimum atomic E-state index is -0.886. The summed E-state index contributed by atoms with van der Waals surface area (Å²) >= 11 is 0. The number of amides is 1. The molecular formula is C30H35N3O. The van der Waals surface area contributed by atoms with Crippen molar-refractivity contribution in [2.45, 2.75) is 51.6 Å². The molecule has 176 valence electrons. The van der Waals surface area contributed by atoms with Gasteiger partial charge in [-0.05, 0) is 52.1 Å². The Bertz CT molecular complexity index is 1140. The number of carbonyl (C=O) groups is 1. The molecule has 3 aromatic rings. The molecule has 34 heavy (non-hydrogen) atoms. The van der Waals surface area contributed by atoms with Crippen molar-refractivity contribution in [2.75, 3.05) is 0 Å². The van der Waals surface area contributed by atoms with E-state index in [1.165, 1.54) is 5.56 Å². The molecule has 1 amide bonds. The maximum Gasteiger partial charge on any atom is 0.242 e. The number of hydrogen-bond acceptors (Lipinski definition) is 3. The van der Waals surface area contributed by atoms with Crippen LogP contribution in [-0.2, 0) is 16.6 Å². The highest BCUT2D eigenvalue weighted by Crippen LogP contribution is 2.25. The van der Waals surface area contributed by atoms with Gasteiger partial charge < -0.3 is 16.5 Å². The topological polar surface area (TPSA) is 79.0 Å². The van der Waals surface area contributed by atoms with Crippen molar-refractivity contribution < 1.29 is 4.79 Å². The molecule has 4 nitrogen and oxygen atoms in total. The summed E-state index contributed by atoms with van der Waals surface area (Å²) in [6, 6.07) is 25.1. The van der Waals surface area contributed by atoms with Crippen molar-refractivity contribution in [3.63, 3.8) is 0 Å². The Labute approximate surface area is 203 Å². The van der Waals surface area contributed by atoms with Gasteiger partial charge in [0.25, 0.3) is 0 Å². The van der Waals surface area contributed by atoms with Crippen LogP contribution in [0.15, 0.2) is 85.4 Å². The van der Waals surface area contributed by atoms with Gasteiger partial charge in [-0.1, -0.05) is 106 Å². The van der Waals surface area contributed by atoms with Gasteiger partial charge in [-0.2, -0.15) is 0 Å². The molecule has 2 atom stereocenters. The molecule has 4 heteroatoms. The Kier molecular flexibility index (Phi) is 7.85.